The quantitative estimate of drug-likeness (QED) is 0.540. The number of carbonyl (C=O) groups excluding carboxylic acids is 2. The first-order chi connectivity index (χ1) is 17.6. The molecule has 0 saturated carbocycles. The smallest absolute Gasteiger partial charge is 0.378 e. The van der Waals surface area contributed by atoms with Crippen LogP contribution in [-0.4, -0.2) is 81.8 Å². The largest absolute Gasteiger partial charge is 0.471 e. The minimum atomic E-state index is -4.89. The molecule has 1 spiro atoms. The molecule has 1 atom stereocenters. The molecule has 3 aromatic rings. The second-order valence-corrected chi connectivity index (χ2v) is 9.88. The molecular weight excluding hydrogens is 487 g/mol. The molecule has 2 saturated heterocycles. The molecule has 37 heavy (non-hydrogen) atoms. The third kappa shape index (κ3) is 3.97. The Balaban J connectivity index is 1.24. The van der Waals surface area contributed by atoms with E-state index < -0.39 is 17.6 Å². The standard InChI is InChI=1S/C26H24F3N5O3/c1-32-21-7-6-19(10-20(21)11-30-32)17-2-4-18(5-3-17)22-31-25(8-9-37-15-25)23(35)34(22)14-16-12-33(13-16)24(36)26(27,28)29/h2-7,10-11,16H,8-9,12-15H2,1H3. The summed E-state index contributed by atoms with van der Waals surface area (Å²) in [5, 5.41) is 5.31. The van der Waals surface area contributed by atoms with E-state index in [1.54, 1.807) is 4.90 Å². The maximum atomic E-state index is 13.4. The molecule has 8 nitrogen and oxygen atoms in total. The lowest BCUT2D eigenvalue weighted by atomic mass is 9.96. The van der Waals surface area contributed by atoms with E-state index in [9.17, 15) is 22.8 Å². The first-order valence-electron chi connectivity index (χ1n) is 12.0. The van der Waals surface area contributed by atoms with Gasteiger partial charge in [-0.3, -0.25) is 19.2 Å². The lowest BCUT2D eigenvalue weighted by molar-refractivity contribution is -0.191. The molecule has 0 radical (unpaired) electrons. The third-order valence-corrected chi connectivity index (χ3v) is 7.37. The summed E-state index contributed by atoms with van der Waals surface area (Å²) < 4.78 is 45.5. The predicted octanol–water partition coefficient (Wildman–Crippen LogP) is 3.01. The average molecular weight is 512 g/mol. The van der Waals surface area contributed by atoms with Gasteiger partial charge in [0.05, 0.1) is 18.3 Å². The van der Waals surface area contributed by atoms with Crippen LogP contribution in [0.1, 0.15) is 12.0 Å². The van der Waals surface area contributed by atoms with Gasteiger partial charge in [-0.1, -0.05) is 30.3 Å². The monoisotopic (exact) mass is 511 g/mol. The summed E-state index contributed by atoms with van der Waals surface area (Å²) in [5.74, 6) is -1.81. The number of aromatic nitrogens is 2. The Hall–Kier alpha value is -3.73. The molecule has 192 valence electrons. The van der Waals surface area contributed by atoms with Crippen LogP contribution in [0.3, 0.4) is 0 Å². The Kier molecular flexibility index (Phi) is 5.37. The van der Waals surface area contributed by atoms with Crippen LogP contribution in [0.4, 0.5) is 13.2 Å². The van der Waals surface area contributed by atoms with Crippen molar-refractivity contribution >= 4 is 28.6 Å². The molecule has 0 aliphatic carbocycles. The number of carbonyl (C=O) groups is 2. The summed E-state index contributed by atoms with van der Waals surface area (Å²) >= 11 is 0. The average Bonchev–Trinajstić information content (AvgIpc) is 3.55. The van der Waals surface area contributed by atoms with Crippen molar-refractivity contribution in [3.05, 3.63) is 54.2 Å². The second-order valence-electron chi connectivity index (χ2n) is 9.88. The van der Waals surface area contributed by atoms with Gasteiger partial charge in [0.15, 0.2) is 5.54 Å². The van der Waals surface area contributed by atoms with Crippen molar-refractivity contribution in [3.63, 3.8) is 0 Å². The van der Waals surface area contributed by atoms with Gasteiger partial charge in [-0.05, 0) is 23.3 Å². The van der Waals surface area contributed by atoms with E-state index in [2.05, 4.69) is 11.2 Å². The van der Waals surface area contributed by atoms with Gasteiger partial charge >= 0.3 is 12.1 Å². The van der Waals surface area contributed by atoms with Crippen molar-refractivity contribution in [2.75, 3.05) is 32.8 Å². The number of aryl methyl sites for hydroxylation is 1. The number of amidine groups is 1. The van der Waals surface area contributed by atoms with E-state index >= 15 is 0 Å². The summed E-state index contributed by atoms with van der Waals surface area (Å²) in [6.07, 6.45) is -2.62. The Morgan fingerprint density at radius 1 is 1.11 bits per heavy atom. The molecule has 11 heteroatoms. The number of rotatable bonds is 4. The fourth-order valence-corrected chi connectivity index (χ4v) is 5.30. The molecular formula is C26H24F3N5O3. The lowest BCUT2D eigenvalue weighted by Crippen LogP contribution is -2.58. The van der Waals surface area contributed by atoms with Gasteiger partial charge in [0.2, 0.25) is 0 Å². The van der Waals surface area contributed by atoms with E-state index in [1.807, 2.05) is 54.3 Å². The Labute approximate surface area is 210 Å². The number of nitrogens with zero attached hydrogens (tertiary/aromatic N) is 5. The molecule has 2 aromatic carbocycles. The lowest BCUT2D eigenvalue weighted by Gasteiger charge is -2.41. The molecule has 3 aliphatic heterocycles. The number of aliphatic imine (C=N–C) groups is 1. The van der Waals surface area contributed by atoms with Crippen molar-refractivity contribution in [2.45, 2.75) is 18.1 Å². The minimum absolute atomic E-state index is 0.0470. The zero-order valence-electron chi connectivity index (χ0n) is 20.0. The van der Waals surface area contributed by atoms with Gasteiger partial charge in [-0.2, -0.15) is 18.3 Å². The van der Waals surface area contributed by atoms with E-state index in [0.717, 1.165) is 32.5 Å². The van der Waals surface area contributed by atoms with E-state index in [4.69, 9.17) is 9.73 Å². The molecule has 1 unspecified atom stereocenters. The van der Waals surface area contributed by atoms with Crippen LogP contribution in [0.5, 0.6) is 0 Å². The van der Waals surface area contributed by atoms with E-state index in [0.29, 0.717) is 18.9 Å². The Morgan fingerprint density at radius 3 is 2.49 bits per heavy atom. The highest BCUT2D eigenvalue weighted by molar-refractivity contribution is 6.15. The summed E-state index contributed by atoms with van der Waals surface area (Å²) in [6.45, 7) is 0.700. The van der Waals surface area contributed by atoms with E-state index in [1.165, 1.54) is 0 Å². The van der Waals surface area contributed by atoms with Crippen molar-refractivity contribution in [3.8, 4) is 11.1 Å². The highest BCUT2D eigenvalue weighted by Gasteiger charge is 2.53. The Morgan fingerprint density at radius 2 is 1.81 bits per heavy atom. The normalized spacial score (nSPS) is 22.3. The van der Waals surface area contributed by atoms with Crippen LogP contribution in [0, 0.1) is 5.92 Å². The highest BCUT2D eigenvalue weighted by atomic mass is 19.4. The molecule has 1 aromatic heterocycles. The molecule has 2 fully saturated rings. The van der Waals surface area contributed by atoms with Crippen molar-refractivity contribution < 1.29 is 27.5 Å². The summed E-state index contributed by atoms with van der Waals surface area (Å²) in [4.78, 5) is 32.1. The maximum absolute atomic E-state index is 13.4. The van der Waals surface area contributed by atoms with Gasteiger partial charge in [0.25, 0.3) is 5.91 Å². The van der Waals surface area contributed by atoms with Crippen LogP contribution >= 0.6 is 0 Å². The number of benzene rings is 2. The van der Waals surface area contributed by atoms with Crippen LogP contribution < -0.4 is 0 Å². The number of halogens is 3. The molecule has 3 aliphatic rings. The summed E-state index contributed by atoms with van der Waals surface area (Å²) in [6, 6.07) is 13.8. The van der Waals surface area contributed by atoms with Gasteiger partial charge in [-0.15, -0.1) is 0 Å². The van der Waals surface area contributed by atoms with Crippen molar-refractivity contribution in [1.29, 1.82) is 0 Å². The number of ether oxygens (including phenoxy) is 1. The van der Waals surface area contributed by atoms with Crippen LogP contribution in [0.25, 0.3) is 22.0 Å². The number of hydrogen-bond donors (Lipinski definition) is 0. The van der Waals surface area contributed by atoms with Gasteiger partial charge in [0.1, 0.15) is 5.84 Å². The van der Waals surface area contributed by atoms with E-state index in [-0.39, 0.29) is 38.1 Å². The fourth-order valence-electron chi connectivity index (χ4n) is 5.30. The van der Waals surface area contributed by atoms with Crippen LogP contribution in [0.2, 0.25) is 0 Å². The van der Waals surface area contributed by atoms with Crippen LogP contribution in [0.15, 0.2) is 53.7 Å². The fraction of sp³-hybridized carbons (Fsp3) is 0.385. The molecule has 0 N–H and O–H groups in total. The molecule has 2 amide bonds. The number of amides is 2. The summed E-state index contributed by atoms with van der Waals surface area (Å²) in [5.41, 5.74) is 2.80. The van der Waals surface area contributed by atoms with Gasteiger partial charge in [-0.25, -0.2) is 4.99 Å². The first-order valence-corrected chi connectivity index (χ1v) is 12.0. The maximum Gasteiger partial charge on any atom is 0.471 e. The first kappa shape index (κ1) is 23.7. The molecule has 6 rings (SSSR count). The van der Waals surface area contributed by atoms with Crippen molar-refractivity contribution in [2.24, 2.45) is 18.0 Å². The predicted molar refractivity (Wildman–Crippen MR) is 129 cm³/mol. The SMILES string of the molecule is Cn1ncc2cc(-c3ccc(C4=NC5(CCOC5)C(=O)N4CC4CN(C(=O)C(F)(F)F)C4)cc3)ccc21. The second kappa shape index (κ2) is 8.41. The number of fused-ring (bicyclic) bond motifs is 1. The molecule has 4 heterocycles. The molecule has 0 bridgehead atoms. The number of hydrogen-bond acceptors (Lipinski definition) is 5. The number of alkyl halides is 3. The van der Waals surface area contributed by atoms with Gasteiger partial charge in [0, 0.05) is 56.6 Å². The minimum Gasteiger partial charge on any atom is -0.378 e. The van der Waals surface area contributed by atoms with Gasteiger partial charge < -0.3 is 9.64 Å². The highest BCUT2D eigenvalue weighted by Crippen LogP contribution is 2.35. The third-order valence-electron chi connectivity index (χ3n) is 7.37. The zero-order valence-corrected chi connectivity index (χ0v) is 20.0. The van der Waals surface area contributed by atoms with Crippen LogP contribution in [-0.2, 0) is 21.4 Å². The zero-order chi connectivity index (χ0) is 25.9. The number of likely N-dealkylation sites (tertiary alicyclic amines) is 1. The summed E-state index contributed by atoms with van der Waals surface area (Å²) in [7, 11) is 1.89. The Bertz CT molecular complexity index is 1420. The topological polar surface area (TPSA) is 80.0 Å². The van der Waals surface area contributed by atoms with Crippen molar-refractivity contribution in [1.82, 2.24) is 19.6 Å².